The lowest BCUT2D eigenvalue weighted by atomic mass is 10.1. The fourth-order valence-electron chi connectivity index (χ4n) is 2.32. The Morgan fingerprint density at radius 3 is 2.70 bits per heavy atom. The number of hydrogen-bond acceptors (Lipinski definition) is 3. The van der Waals surface area contributed by atoms with Gasteiger partial charge in [0.15, 0.2) is 5.78 Å². The molecule has 3 rings (SSSR count). The van der Waals surface area contributed by atoms with Gasteiger partial charge in [-0.25, -0.2) is 4.98 Å². The van der Waals surface area contributed by atoms with E-state index in [0.29, 0.717) is 21.9 Å². The summed E-state index contributed by atoms with van der Waals surface area (Å²) in [6.07, 6.45) is 1.56. The van der Waals surface area contributed by atoms with Crippen molar-refractivity contribution in [2.24, 2.45) is 0 Å². The highest BCUT2D eigenvalue weighted by Crippen LogP contribution is 2.18. The molecule has 23 heavy (non-hydrogen) atoms. The number of carbonyl (C=O) groups excluding carboxylic acids is 2. The standard InChI is InChI=1S/C17H14ClN3O2/c1-10(16(22)11-5-3-2-4-6-11)20-17(23)13-7-12-8-15(18)19-9-14(12)21-13/h2-10,21H,1H3,(H,20,23)/t10-/m0/s1. The van der Waals surface area contributed by atoms with Crippen molar-refractivity contribution in [2.75, 3.05) is 0 Å². The van der Waals surface area contributed by atoms with E-state index in [0.717, 1.165) is 5.39 Å². The first-order valence-electron chi connectivity index (χ1n) is 7.09. The first-order valence-corrected chi connectivity index (χ1v) is 7.47. The van der Waals surface area contributed by atoms with Gasteiger partial charge in [0, 0.05) is 10.9 Å². The van der Waals surface area contributed by atoms with Gasteiger partial charge in [0.05, 0.1) is 17.8 Å². The van der Waals surface area contributed by atoms with E-state index in [9.17, 15) is 9.59 Å². The van der Waals surface area contributed by atoms with Crippen LogP contribution in [-0.2, 0) is 0 Å². The number of pyridine rings is 1. The predicted molar refractivity (Wildman–Crippen MR) is 88.8 cm³/mol. The smallest absolute Gasteiger partial charge is 0.268 e. The van der Waals surface area contributed by atoms with Crippen LogP contribution in [0.25, 0.3) is 10.9 Å². The van der Waals surface area contributed by atoms with Crippen LogP contribution >= 0.6 is 11.6 Å². The minimum absolute atomic E-state index is 0.139. The third-order valence-corrected chi connectivity index (χ3v) is 3.72. The first kappa shape index (κ1) is 15.2. The summed E-state index contributed by atoms with van der Waals surface area (Å²) >= 11 is 5.83. The van der Waals surface area contributed by atoms with Crippen LogP contribution in [0.4, 0.5) is 0 Å². The van der Waals surface area contributed by atoms with Gasteiger partial charge in [-0.15, -0.1) is 0 Å². The van der Waals surface area contributed by atoms with E-state index >= 15 is 0 Å². The zero-order valence-corrected chi connectivity index (χ0v) is 13.1. The van der Waals surface area contributed by atoms with Crippen LogP contribution in [0.3, 0.4) is 0 Å². The largest absolute Gasteiger partial charge is 0.349 e. The summed E-state index contributed by atoms with van der Waals surface area (Å²) in [5.41, 5.74) is 1.63. The summed E-state index contributed by atoms with van der Waals surface area (Å²) in [6.45, 7) is 1.66. The number of fused-ring (bicyclic) bond motifs is 1. The van der Waals surface area contributed by atoms with Crippen molar-refractivity contribution in [2.45, 2.75) is 13.0 Å². The monoisotopic (exact) mass is 327 g/mol. The van der Waals surface area contributed by atoms with Crippen molar-refractivity contribution in [3.63, 3.8) is 0 Å². The Hall–Kier alpha value is -2.66. The van der Waals surface area contributed by atoms with E-state index in [4.69, 9.17) is 11.6 Å². The molecule has 1 aromatic carbocycles. The van der Waals surface area contributed by atoms with Gasteiger partial charge >= 0.3 is 0 Å². The van der Waals surface area contributed by atoms with Crippen LogP contribution in [0.5, 0.6) is 0 Å². The Morgan fingerprint density at radius 2 is 1.96 bits per heavy atom. The van der Waals surface area contributed by atoms with Gasteiger partial charge in [0.1, 0.15) is 10.8 Å². The number of hydrogen-bond donors (Lipinski definition) is 2. The van der Waals surface area contributed by atoms with Crippen molar-refractivity contribution in [1.29, 1.82) is 0 Å². The highest BCUT2D eigenvalue weighted by molar-refractivity contribution is 6.30. The molecule has 116 valence electrons. The van der Waals surface area contributed by atoms with Gasteiger partial charge < -0.3 is 10.3 Å². The summed E-state index contributed by atoms with van der Waals surface area (Å²) in [7, 11) is 0. The van der Waals surface area contributed by atoms with Crippen LogP contribution in [0.2, 0.25) is 5.15 Å². The molecule has 2 aromatic heterocycles. The zero-order chi connectivity index (χ0) is 16.4. The van der Waals surface area contributed by atoms with E-state index in [2.05, 4.69) is 15.3 Å². The fraction of sp³-hybridized carbons (Fsp3) is 0.118. The maximum atomic E-state index is 12.3. The topological polar surface area (TPSA) is 74.8 Å². The number of Topliss-reactive ketones (excluding diaryl/α,β-unsaturated/α-hetero) is 1. The van der Waals surface area contributed by atoms with Crippen LogP contribution < -0.4 is 5.32 Å². The van der Waals surface area contributed by atoms with Gasteiger partial charge in [-0.1, -0.05) is 41.9 Å². The minimum atomic E-state index is -0.627. The van der Waals surface area contributed by atoms with E-state index < -0.39 is 6.04 Å². The summed E-state index contributed by atoms with van der Waals surface area (Å²) in [5, 5.41) is 3.84. The molecule has 0 aliphatic heterocycles. The van der Waals surface area contributed by atoms with Gasteiger partial charge in [-0.05, 0) is 19.1 Å². The maximum Gasteiger partial charge on any atom is 0.268 e. The number of carbonyl (C=O) groups is 2. The van der Waals surface area contributed by atoms with Crippen LogP contribution in [0.1, 0.15) is 27.8 Å². The number of amides is 1. The molecule has 0 radical (unpaired) electrons. The molecule has 0 fully saturated rings. The number of nitrogens with one attached hydrogen (secondary N) is 2. The lowest BCUT2D eigenvalue weighted by Crippen LogP contribution is -2.38. The SMILES string of the molecule is C[C@H](NC(=O)c1cc2cc(Cl)ncc2[nH]1)C(=O)c1ccccc1. The van der Waals surface area contributed by atoms with Gasteiger partial charge in [0.25, 0.3) is 5.91 Å². The molecule has 5 nitrogen and oxygen atoms in total. The molecule has 0 unspecified atom stereocenters. The molecule has 0 aliphatic rings. The molecular weight excluding hydrogens is 314 g/mol. The molecule has 1 atom stereocenters. The number of aromatic nitrogens is 2. The molecule has 2 heterocycles. The predicted octanol–water partition coefficient (Wildman–Crippen LogP) is 3.22. The number of ketones is 1. The third-order valence-electron chi connectivity index (χ3n) is 3.52. The number of H-pyrrole nitrogens is 1. The Labute approximate surface area is 137 Å². The molecule has 0 bridgehead atoms. The molecule has 1 amide bonds. The van der Waals surface area contributed by atoms with Crippen molar-refractivity contribution in [1.82, 2.24) is 15.3 Å². The number of halogens is 1. The zero-order valence-electron chi connectivity index (χ0n) is 12.3. The molecule has 0 saturated heterocycles. The second-order valence-corrected chi connectivity index (χ2v) is 5.59. The number of benzene rings is 1. The highest BCUT2D eigenvalue weighted by atomic mass is 35.5. The lowest BCUT2D eigenvalue weighted by Gasteiger charge is -2.12. The minimum Gasteiger partial charge on any atom is -0.349 e. The third kappa shape index (κ3) is 3.24. The molecule has 6 heteroatoms. The average Bonchev–Trinajstić information content (AvgIpc) is 2.98. The number of rotatable bonds is 4. The second-order valence-electron chi connectivity index (χ2n) is 5.20. The summed E-state index contributed by atoms with van der Waals surface area (Å²) < 4.78 is 0. The lowest BCUT2D eigenvalue weighted by molar-refractivity contribution is 0.0863. The second kappa shape index (κ2) is 6.22. The molecule has 0 spiro atoms. The Morgan fingerprint density at radius 1 is 1.22 bits per heavy atom. The Bertz CT molecular complexity index is 874. The highest BCUT2D eigenvalue weighted by Gasteiger charge is 2.19. The summed E-state index contributed by atoms with van der Waals surface area (Å²) in [4.78, 5) is 31.5. The van der Waals surface area contributed by atoms with Crippen molar-refractivity contribution >= 4 is 34.2 Å². The molecule has 2 N–H and O–H groups in total. The Balaban J connectivity index is 1.76. The number of aromatic amines is 1. The maximum absolute atomic E-state index is 12.3. The first-order chi connectivity index (χ1) is 11.0. The van der Waals surface area contributed by atoms with E-state index in [1.807, 2.05) is 6.07 Å². The van der Waals surface area contributed by atoms with Gasteiger partial charge in [-0.3, -0.25) is 9.59 Å². The van der Waals surface area contributed by atoms with Gasteiger partial charge in [-0.2, -0.15) is 0 Å². The van der Waals surface area contributed by atoms with E-state index in [1.54, 1.807) is 49.5 Å². The van der Waals surface area contributed by atoms with E-state index in [-0.39, 0.29) is 11.7 Å². The van der Waals surface area contributed by atoms with Crippen molar-refractivity contribution < 1.29 is 9.59 Å². The normalized spacial score (nSPS) is 12.1. The summed E-state index contributed by atoms with van der Waals surface area (Å²) in [5.74, 6) is -0.492. The van der Waals surface area contributed by atoms with Crippen molar-refractivity contribution in [3.05, 3.63) is 65.1 Å². The molecule has 3 aromatic rings. The van der Waals surface area contributed by atoms with Crippen LogP contribution in [-0.4, -0.2) is 27.7 Å². The van der Waals surface area contributed by atoms with Crippen LogP contribution in [0, 0.1) is 0 Å². The number of nitrogens with zero attached hydrogens (tertiary/aromatic N) is 1. The fourth-order valence-corrected chi connectivity index (χ4v) is 2.49. The quantitative estimate of drug-likeness (QED) is 0.570. The van der Waals surface area contributed by atoms with Crippen LogP contribution in [0.15, 0.2) is 48.7 Å². The Kier molecular flexibility index (Phi) is 4.12. The van der Waals surface area contributed by atoms with E-state index in [1.165, 1.54) is 0 Å². The van der Waals surface area contributed by atoms with Crippen molar-refractivity contribution in [3.8, 4) is 0 Å². The summed E-state index contributed by atoms with van der Waals surface area (Å²) in [6, 6.07) is 11.6. The average molecular weight is 328 g/mol. The molecule has 0 saturated carbocycles. The molecule has 0 aliphatic carbocycles. The van der Waals surface area contributed by atoms with Gasteiger partial charge in [0.2, 0.25) is 0 Å². The molecular formula is C17H14ClN3O2.